The highest BCUT2D eigenvalue weighted by molar-refractivity contribution is 6.49. The van der Waals surface area contributed by atoms with Crippen molar-refractivity contribution in [3.8, 4) is 17.1 Å². The second kappa shape index (κ2) is 7.70. The minimum absolute atomic E-state index is 0.322. The molecule has 0 aliphatic carbocycles. The molecule has 0 saturated carbocycles. The van der Waals surface area contributed by atoms with E-state index in [9.17, 15) is 4.39 Å². The van der Waals surface area contributed by atoms with Crippen LogP contribution in [0.25, 0.3) is 16.4 Å². The van der Waals surface area contributed by atoms with Crippen molar-refractivity contribution >= 4 is 22.3 Å². The van der Waals surface area contributed by atoms with Crippen molar-refractivity contribution in [2.45, 2.75) is 13.0 Å². The minimum Gasteiger partial charge on any atom is -0.488 e. The monoisotopic (exact) mass is 422 g/mol. The Morgan fingerprint density at radius 2 is 2.00 bits per heavy atom. The number of halogens is 2. The van der Waals surface area contributed by atoms with Crippen LogP contribution >= 0.6 is 11.6 Å². The number of aromatic nitrogens is 2. The lowest BCUT2D eigenvalue weighted by molar-refractivity contribution is 0.254. The van der Waals surface area contributed by atoms with Crippen molar-refractivity contribution in [3.05, 3.63) is 76.9 Å². The molecule has 30 heavy (non-hydrogen) atoms. The van der Waals surface area contributed by atoms with Crippen molar-refractivity contribution in [2.24, 2.45) is 0 Å². The van der Waals surface area contributed by atoms with Crippen LogP contribution in [-0.4, -0.2) is 34.6 Å². The number of benzene rings is 2. The van der Waals surface area contributed by atoms with E-state index in [1.807, 2.05) is 30.5 Å². The molecule has 3 heterocycles. The third kappa shape index (κ3) is 3.64. The zero-order valence-corrected chi connectivity index (χ0v) is 17.0. The van der Waals surface area contributed by atoms with Gasteiger partial charge in [-0.05, 0) is 42.5 Å². The highest BCUT2D eigenvalue weighted by atomic mass is 35.5. The van der Waals surface area contributed by atoms with Gasteiger partial charge in [-0.1, -0.05) is 11.6 Å². The number of nitrogen functional groups attached to an aromatic ring is 1. The fraction of sp³-hybridized carbons (Fsp3) is 0.217. The molecule has 2 aromatic carbocycles. The Labute approximate surface area is 179 Å². The smallest absolute Gasteiger partial charge is 0.159 e. The van der Waals surface area contributed by atoms with Gasteiger partial charge in [-0.3, -0.25) is 4.90 Å². The Morgan fingerprint density at radius 3 is 2.83 bits per heavy atom. The maximum Gasteiger partial charge on any atom is 0.159 e. The molecule has 5 rings (SSSR count). The second-order valence-electron chi connectivity index (χ2n) is 7.59. The molecule has 0 bridgehead atoms. The van der Waals surface area contributed by atoms with E-state index in [0.29, 0.717) is 35.3 Å². The number of nitrogens with zero attached hydrogens (tertiary/aromatic N) is 3. The molecule has 0 amide bonds. The van der Waals surface area contributed by atoms with E-state index >= 15 is 0 Å². The van der Waals surface area contributed by atoms with Gasteiger partial charge in [0.05, 0.1) is 10.7 Å². The summed E-state index contributed by atoms with van der Waals surface area (Å²) in [5.41, 5.74) is 11.2. The molecule has 0 spiro atoms. The van der Waals surface area contributed by atoms with Crippen molar-refractivity contribution in [1.29, 1.82) is 0 Å². The first-order valence-corrected chi connectivity index (χ1v) is 10.2. The van der Waals surface area contributed by atoms with Crippen molar-refractivity contribution in [3.63, 3.8) is 0 Å². The summed E-state index contributed by atoms with van der Waals surface area (Å²) in [5.74, 6) is 1.02. The van der Waals surface area contributed by atoms with Gasteiger partial charge in [0.1, 0.15) is 18.2 Å². The number of hydrogen-bond donors (Lipinski definition) is 1. The second-order valence-corrected chi connectivity index (χ2v) is 7.97. The summed E-state index contributed by atoms with van der Waals surface area (Å²) >= 11 is 6.58. The maximum absolute atomic E-state index is 13.6. The van der Waals surface area contributed by atoms with Gasteiger partial charge in [-0.25, -0.2) is 14.4 Å². The topological polar surface area (TPSA) is 64.3 Å². The van der Waals surface area contributed by atoms with E-state index in [1.165, 1.54) is 12.1 Å². The molecule has 152 valence electrons. The van der Waals surface area contributed by atoms with E-state index in [4.69, 9.17) is 27.1 Å². The highest BCUT2D eigenvalue weighted by Crippen LogP contribution is 2.36. The van der Waals surface area contributed by atoms with Gasteiger partial charge in [0.25, 0.3) is 0 Å². The van der Waals surface area contributed by atoms with Gasteiger partial charge >= 0.3 is 0 Å². The molecule has 3 aromatic rings. The zero-order chi connectivity index (χ0) is 20.7. The Hall–Kier alpha value is -2.96. The molecule has 5 nitrogen and oxygen atoms in total. The number of nitrogens with two attached hydrogens (primary N) is 1. The standard InChI is InChI=1S/C23H20ClFN4O/c24-22-16(13-30-21-6-3-17(25)9-19(21)22)12-29-8-7-20-15(11-29)10-27-23(28-20)14-1-4-18(26)5-2-14/h1-6,9-10H,7-8,11-13,26H2. The number of hydrogen-bond acceptors (Lipinski definition) is 5. The van der Waals surface area contributed by atoms with Gasteiger partial charge in [0.15, 0.2) is 5.82 Å². The van der Waals surface area contributed by atoms with Gasteiger partial charge < -0.3 is 10.5 Å². The van der Waals surface area contributed by atoms with E-state index in [1.54, 1.807) is 6.07 Å². The SMILES string of the molecule is Nc1ccc(-c2ncc3c(n2)CCN(CC2=C(Cl)c4cc(F)ccc4OC2)C3)cc1. The van der Waals surface area contributed by atoms with Crippen LogP contribution in [0.1, 0.15) is 16.8 Å². The largest absolute Gasteiger partial charge is 0.488 e. The average Bonchev–Trinajstić information content (AvgIpc) is 2.76. The molecule has 2 N–H and O–H groups in total. The number of ether oxygens (including phenoxy) is 1. The van der Waals surface area contributed by atoms with E-state index in [-0.39, 0.29) is 5.82 Å². The first-order chi connectivity index (χ1) is 14.6. The van der Waals surface area contributed by atoms with E-state index < -0.39 is 0 Å². The molecule has 2 aliphatic heterocycles. The van der Waals surface area contributed by atoms with Crippen LogP contribution in [0.4, 0.5) is 10.1 Å². The van der Waals surface area contributed by atoms with Crippen molar-refractivity contribution in [1.82, 2.24) is 14.9 Å². The summed E-state index contributed by atoms with van der Waals surface area (Å²) < 4.78 is 19.4. The number of fused-ring (bicyclic) bond motifs is 2. The van der Waals surface area contributed by atoms with Crippen LogP contribution in [0.5, 0.6) is 5.75 Å². The van der Waals surface area contributed by atoms with Crippen LogP contribution in [0.2, 0.25) is 0 Å². The molecule has 0 saturated heterocycles. The molecule has 0 atom stereocenters. The van der Waals surface area contributed by atoms with Gasteiger partial charge in [0.2, 0.25) is 0 Å². The summed E-state index contributed by atoms with van der Waals surface area (Å²) in [6, 6.07) is 12.0. The fourth-order valence-corrected chi connectivity index (χ4v) is 4.15. The number of anilines is 1. The maximum atomic E-state index is 13.6. The number of rotatable bonds is 3. The summed E-state index contributed by atoms with van der Waals surface area (Å²) in [4.78, 5) is 11.6. The molecule has 1 aromatic heterocycles. The van der Waals surface area contributed by atoms with Crippen LogP contribution in [-0.2, 0) is 13.0 Å². The first kappa shape index (κ1) is 19.0. The lowest BCUT2D eigenvalue weighted by atomic mass is 10.0. The highest BCUT2D eigenvalue weighted by Gasteiger charge is 2.24. The molecule has 0 unspecified atom stereocenters. The fourth-order valence-electron chi connectivity index (χ4n) is 3.88. The summed E-state index contributed by atoms with van der Waals surface area (Å²) in [6.45, 7) is 2.66. The van der Waals surface area contributed by atoms with Gasteiger partial charge in [-0.2, -0.15) is 0 Å². The van der Waals surface area contributed by atoms with Crippen molar-refractivity contribution in [2.75, 3.05) is 25.4 Å². The molecule has 2 aliphatic rings. The summed E-state index contributed by atoms with van der Waals surface area (Å²) in [6.07, 6.45) is 2.73. The molecular formula is C23H20ClFN4O. The minimum atomic E-state index is -0.322. The molecule has 0 fully saturated rings. The lowest BCUT2D eigenvalue weighted by Crippen LogP contribution is -2.34. The Balaban J connectivity index is 1.34. The van der Waals surface area contributed by atoms with E-state index in [0.717, 1.165) is 47.6 Å². The summed E-state index contributed by atoms with van der Waals surface area (Å²) in [5, 5.41) is 0.580. The normalized spacial score (nSPS) is 16.1. The average molecular weight is 423 g/mol. The Bertz CT molecular complexity index is 1150. The third-order valence-electron chi connectivity index (χ3n) is 5.49. The predicted octanol–water partition coefficient (Wildman–Crippen LogP) is 4.27. The van der Waals surface area contributed by atoms with Crippen LogP contribution in [0.15, 0.2) is 54.2 Å². The third-order valence-corrected chi connectivity index (χ3v) is 5.96. The first-order valence-electron chi connectivity index (χ1n) is 9.80. The van der Waals surface area contributed by atoms with Crippen molar-refractivity contribution < 1.29 is 9.13 Å². The van der Waals surface area contributed by atoms with Gasteiger partial charge in [0, 0.05) is 60.2 Å². The van der Waals surface area contributed by atoms with Crippen LogP contribution < -0.4 is 10.5 Å². The molecule has 0 radical (unpaired) electrons. The van der Waals surface area contributed by atoms with Gasteiger partial charge in [-0.15, -0.1) is 0 Å². The summed E-state index contributed by atoms with van der Waals surface area (Å²) in [7, 11) is 0. The molecular weight excluding hydrogens is 403 g/mol. The quantitative estimate of drug-likeness (QED) is 0.639. The Morgan fingerprint density at radius 1 is 1.17 bits per heavy atom. The lowest BCUT2D eigenvalue weighted by Gasteiger charge is -2.30. The predicted molar refractivity (Wildman–Crippen MR) is 116 cm³/mol. The van der Waals surface area contributed by atoms with E-state index in [2.05, 4.69) is 9.88 Å². The van der Waals surface area contributed by atoms with Crippen LogP contribution in [0, 0.1) is 5.82 Å². The Kier molecular flexibility index (Phi) is 4.89. The molecule has 7 heteroatoms. The zero-order valence-electron chi connectivity index (χ0n) is 16.2. The van der Waals surface area contributed by atoms with Crippen LogP contribution in [0.3, 0.4) is 0 Å².